The van der Waals surface area contributed by atoms with E-state index in [4.69, 9.17) is 11.6 Å². The Morgan fingerprint density at radius 2 is 1.67 bits per heavy atom. The van der Waals surface area contributed by atoms with Crippen LogP contribution >= 0.6 is 11.6 Å². The zero-order valence-corrected chi connectivity index (χ0v) is 13.7. The van der Waals surface area contributed by atoms with Crippen molar-refractivity contribution in [1.29, 1.82) is 0 Å². The predicted octanol–water partition coefficient (Wildman–Crippen LogP) is 5.21. The first-order valence-corrected chi connectivity index (χ1v) is 9.06. The summed E-state index contributed by atoms with van der Waals surface area (Å²) in [6.45, 7) is 3.25. The second-order valence-electron chi connectivity index (χ2n) is 7.79. The molecule has 0 spiro atoms. The summed E-state index contributed by atoms with van der Waals surface area (Å²) in [7, 11) is 0. The van der Waals surface area contributed by atoms with E-state index < -0.39 is 0 Å². The molecule has 1 nitrogen and oxygen atoms in total. The highest BCUT2D eigenvalue weighted by molar-refractivity contribution is 6.31. The van der Waals surface area contributed by atoms with Crippen molar-refractivity contribution in [2.45, 2.75) is 51.5 Å². The first-order chi connectivity index (χ1) is 10.2. The molecule has 0 amide bonds. The summed E-state index contributed by atoms with van der Waals surface area (Å²) in [5.41, 5.74) is 1.80. The SMILES string of the molecule is CCNC(c1ccccc1Cl)C12CC3CC(CC(C3)C1)C2. The lowest BCUT2D eigenvalue weighted by Crippen LogP contribution is -2.52. The van der Waals surface area contributed by atoms with Gasteiger partial charge in [0.1, 0.15) is 0 Å². The standard InChI is InChI=1S/C19H26ClN/c1-2-21-18(16-5-3-4-6-17(16)20)19-10-13-7-14(11-19)9-15(8-13)12-19/h3-6,13-15,18,21H,2,7-12H2,1H3. The molecule has 0 radical (unpaired) electrons. The van der Waals surface area contributed by atoms with Gasteiger partial charge in [-0.15, -0.1) is 0 Å². The van der Waals surface area contributed by atoms with E-state index in [0.29, 0.717) is 11.5 Å². The molecule has 0 saturated heterocycles. The summed E-state index contributed by atoms with van der Waals surface area (Å²) in [4.78, 5) is 0. The first kappa shape index (κ1) is 14.1. The second-order valence-corrected chi connectivity index (χ2v) is 8.20. The molecule has 4 aliphatic rings. The van der Waals surface area contributed by atoms with Gasteiger partial charge in [0.15, 0.2) is 0 Å². The van der Waals surface area contributed by atoms with Gasteiger partial charge in [-0.25, -0.2) is 0 Å². The van der Waals surface area contributed by atoms with Gasteiger partial charge in [0.2, 0.25) is 0 Å². The maximum Gasteiger partial charge on any atom is 0.0454 e. The minimum atomic E-state index is 0.449. The molecule has 2 heteroatoms. The summed E-state index contributed by atoms with van der Waals surface area (Å²) in [6.07, 6.45) is 8.76. The quantitative estimate of drug-likeness (QED) is 0.805. The smallest absolute Gasteiger partial charge is 0.0454 e. The van der Waals surface area contributed by atoms with E-state index in [0.717, 1.165) is 29.3 Å². The van der Waals surface area contributed by atoms with Crippen molar-refractivity contribution in [3.05, 3.63) is 34.9 Å². The van der Waals surface area contributed by atoms with Crippen molar-refractivity contribution in [2.24, 2.45) is 23.2 Å². The Hall–Kier alpha value is -0.530. The Morgan fingerprint density at radius 3 is 2.19 bits per heavy atom. The molecule has 4 saturated carbocycles. The number of halogens is 1. The number of benzene rings is 1. The number of rotatable bonds is 4. The van der Waals surface area contributed by atoms with E-state index in [-0.39, 0.29) is 0 Å². The Labute approximate surface area is 133 Å². The summed E-state index contributed by atoms with van der Waals surface area (Å²) < 4.78 is 0. The second kappa shape index (κ2) is 5.28. The highest BCUT2D eigenvalue weighted by Crippen LogP contribution is 2.64. The van der Waals surface area contributed by atoms with Gasteiger partial charge in [0.25, 0.3) is 0 Å². The van der Waals surface area contributed by atoms with Crippen LogP contribution < -0.4 is 5.32 Å². The third-order valence-electron chi connectivity index (χ3n) is 6.32. The van der Waals surface area contributed by atoms with Crippen LogP contribution in [-0.4, -0.2) is 6.54 Å². The maximum atomic E-state index is 6.55. The van der Waals surface area contributed by atoms with E-state index >= 15 is 0 Å². The molecule has 1 aromatic rings. The van der Waals surface area contributed by atoms with Gasteiger partial charge >= 0.3 is 0 Å². The lowest BCUT2D eigenvalue weighted by molar-refractivity contribution is -0.0746. The minimum absolute atomic E-state index is 0.449. The molecule has 5 rings (SSSR count). The van der Waals surface area contributed by atoms with Crippen molar-refractivity contribution < 1.29 is 0 Å². The van der Waals surface area contributed by atoms with E-state index in [9.17, 15) is 0 Å². The fourth-order valence-electron chi connectivity index (χ4n) is 6.10. The van der Waals surface area contributed by atoms with Gasteiger partial charge in [-0.2, -0.15) is 0 Å². The summed E-state index contributed by atoms with van der Waals surface area (Å²) in [5, 5.41) is 4.76. The maximum absolute atomic E-state index is 6.55. The zero-order chi connectivity index (χ0) is 14.4. The van der Waals surface area contributed by atoms with Crippen LogP contribution in [0.2, 0.25) is 5.02 Å². The van der Waals surface area contributed by atoms with Gasteiger partial charge in [-0.3, -0.25) is 0 Å². The molecule has 4 bridgehead atoms. The Bertz CT molecular complexity index is 489. The van der Waals surface area contributed by atoms with Crippen LogP contribution in [0, 0.1) is 23.2 Å². The van der Waals surface area contributed by atoms with E-state index in [2.05, 4.69) is 36.5 Å². The van der Waals surface area contributed by atoms with Crippen LogP contribution in [0.1, 0.15) is 57.1 Å². The van der Waals surface area contributed by atoms with Crippen molar-refractivity contribution in [3.63, 3.8) is 0 Å². The highest BCUT2D eigenvalue weighted by Gasteiger charge is 2.54. The molecule has 0 aromatic heterocycles. The van der Waals surface area contributed by atoms with Gasteiger partial charge in [-0.1, -0.05) is 36.7 Å². The summed E-state index contributed by atoms with van der Waals surface area (Å²) in [6, 6.07) is 8.95. The monoisotopic (exact) mass is 303 g/mol. The molecular formula is C19H26ClN. The minimum Gasteiger partial charge on any atom is -0.310 e. The molecule has 4 fully saturated rings. The summed E-state index contributed by atoms with van der Waals surface area (Å²) >= 11 is 6.55. The molecule has 1 aromatic carbocycles. The average Bonchev–Trinajstić information content (AvgIpc) is 2.44. The van der Waals surface area contributed by atoms with Crippen molar-refractivity contribution in [2.75, 3.05) is 6.54 Å². The van der Waals surface area contributed by atoms with Crippen LogP contribution in [0.4, 0.5) is 0 Å². The Balaban J connectivity index is 1.72. The van der Waals surface area contributed by atoms with Crippen LogP contribution in [-0.2, 0) is 0 Å². The fourth-order valence-corrected chi connectivity index (χ4v) is 6.35. The van der Waals surface area contributed by atoms with E-state index in [1.165, 1.54) is 44.1 Å². The van der Waals surface area contributed by atoms with E-state index in [1.807, 2.05) is 0 Å². The van der Waals surface area contributed by atoms with Gasteiger partial charge < -0.3 is 5.32 Å². The lowest BCUT2D eigenvalue weighted by atomic mass is 9.47. The molecule has 1 unspecified atom stereocenters. The van der Waals surface area contributed by atoms with Crippen molar-refractivity contribution >= 4 is 11.6 Å². The molecular weight excluding hydrogens is 278 g/mol. The average molecular weight is 304 g/mol. The predicted molar refractivity (Wildman–Crippen MR) is 88.5 cm³/mol. The number of nitrogens with one attached hydrogen (secondary N) is 1. The fraction of sp³-hybridized carbons (Fsp3) is 0.684. The largest absolute Gasteiger partial charge is 0.310 e. The topological polar surface area (TPSA) is 12.0 Å². The number of hydrogen-bond acceptors (Lipinski definition) is 1. The molecule has 21 heavy (non-hydrogen) atoms. The molecule has 0 aliphatic heterocycles. The lowest BCUT2D eigenvalue weighted by Gasteiger charge is -2.59. The van der Waals surface area contributed by atoms with Crippen molar-refractivity contribution in [3.8, 4) is 0 Å². The molecule has 1 atom stereocenters. The van der Waals surface area contributed by atoms with Gasteiger partial charge in [-0.05, 0) is 79.9 Å². The molecule has 0 heterocycles. The molecule has 4 aliphatic carbocycles. The normalized spacial score (nSPS) is 38.7. The third-order valence-corrected chi connectivity index (χ3v) is 6.67. The van der Waals surface area contributed by atoms with Crippen LogP contribution in [0.15, 0.2) is 24.3 Å². The van der Waals surface area contributed by atoms with Crippen LogP contribution in [0.5, 0.6) is 0 Å². The Kier molecular flexibility index (Phi) is 3.54. The highest BCUT2D eigenvalue weighted by atomic mass is 35.5. The summed E-state index contributed by atoms with van der Waals surface area (Å²) in [5.74, 6) is 2.96. The van der Waals surface area contributed by atoms with Crippen molar-refractivity contribution in [1.82, 2.24) is 5.32 Å². The first-order valence-electron chi connectivity index (χ1n) is 8.68. The Morgan fingerprint density at radius 1 is 1.10 bits per heavy atom. The van der Waals surface area contributed by atoms with Gasteiger partial charge in [0, 0.05) is 11.1 Å². The van der Waals surface area contributed by atoms with Crippen LogP contribution in [0.25, 0.3) is 0 Å². The number of hydrogen-bond donors (Lipinski definition) is 1. The van der Waals surface area contributed by atoms with Crippen LogP contribution in [0.3, 0.4) is 0 Å². The zero-order valence-electron chi connectivity index (χ0n) is 12.9. The van der Waals surface area contributed by atoms with E-state index in [1.54, 1.807) is 0 Å². The third kappa shape index (κ3) is 2.33. The molecule has 114 valence electrons. The molecule has 1 N–H and O–H groups in total. The van der Waals surface area contributed by atoms with Gasteiger partial charge in [0.05, 0.1) is 0 Å².